The molecule has 7 heteroatoms. The van der Waals surface area contributed by atoms with Crippen molar-refractivity contribution in [3.05, 3.63) is 29.5 Å². The van der Waals surface area contributed by atoms with Gasteiger partial charge in [0.25, 0.3) is 0 Å². The Kier molecular flexibility index (Phi) is 3.69. The van der Waals surface area contributed by atoms with Gasteiger partial charge in [-0.1, -0.05) is 5.16 Å². The zero-order valence-corrected chi connectivity index (χ0v) is 10.7. The molecule has 0 radical (unpaired) electrons. The number of hydrogen-bond acceptors (Lipinski definition) is 6. The molecule has 1 aromatic heterocycles. The number of benzene rings is 1. The number of carbonyl (C=O) groups is 2. The van der Waals surface area contributed by atoms with E-state index in [2.05, 4.69) is 9.68 Å². The Balaban J connectivity index is 2.59. The Morgan fingerprint density at radius 1 is 1.25 bits per heavy atom. The van der Waals surface area contributed by atoms with Gasteiger partial charge in [0.05, 0.1) is 14.2 Å². The summed E-state index contributed by atoms with van der Waals surface area (Å²) in [6.45, 7) is 0. The highest BCUT2D eigenvalue weighted by Crippen LogP contribution is 2.34. The number of carboxylic acids is 1. The van der Waals surface area contributed by atoms with Crippen LogP contribution in [0.3, 0.4) is 0 Å². The van der Waals surface area contributed by atoms with E-state index in [4.69, 9.17) is 14.6 Å². The first-order valence-electron chi connectivity index (χ1n) is 5.52. The van der Waals surface area contributed by atoms with Crippen molar-refractivity contribution in [3.63, 3.8) is 0 Å². The van der Waals surface area contributed by atoms with Crippen LogP contribution in [0.25, 0.3) is 11.3 Å². The van der Waals surface area contributed by atoms with E-state index in [1.54, 1.807) is 0 Å². The van der Waals surface area contributed by atoms with Gasteiger partial charge < -0.3 is 19.1 Å². The lowest BCUT2D eigenvalue weighted by Crippen LogP contribution is -1.95. The highest BCUT2D eigenvalue weighted by molar-refractivity contribution is 5.90. The molecule has 1 aromatic carbocycles. The smallest absolute Gasteiger partial charge is 0.374 e. The number of carboxylic acid groups (broad SMARTS) is 1. The van der Waals surface area contributed by atoms with Crippen molar-refractivity contribution in [2.75, 3.05) is 14.2 Å². The number of hydrogen-bond donors (Lipinski definition) is 1. The van der Waals surface area contributed by atoms with Crippen LogP contribution in [-0.2, 0) is 0 Å². The number of methoxy groups -OCH3 is 2. The minimum absolute atomic E-state index is 0.227. The summed E-state index contributed by atoms with van der Waals surface area (Å²) in [7, 11) is 2.90. The van der Waals surface area contributed by atoms with Gasteiger partial charge >= 0.3 is 5.97 Å². The minimum Gasteiger partial charge on any atom is -0.493 e. The van der Waals surface area contributed by atoms with Gasteiger partial charge in [0.1, 0.15) is 5.69 Å². The van der Waals surface area contributed by atoms with E-state index in [0.717, 1.165) is 0 Å². The Hall–Kier alpha value is -2.83. The molecular formula is C13H11NO6. The van der Waals surface area contributed by atoms with Crippen molar-refractivity contribution in [1.29, 1.82) is 0 Å². The first-order valence-corrected chi connectivity index (χ1v) is 5.52. The summed E-state index contributed by atoms with van der Waals surface area (Å²) in [6, 6.07) is 4.25. The molecule has 0 aliphatic heterocycles. The zero-order chi connectivity index (χ0) is 14.7. The van der Waals surface area contributed by atoms with Gasteiger partial charge in [0, 0.05) is 17.2 Å². The highest BCUT2D eigenvalue weighted by atomic mass is 16.5. The predicted molar refractivity (Wildman–Crippen MR) is 67.4 cm³/mol. The van der Waals surface area contributed by atoms with Crippen molar-refractivity contribution in [1.82, 2.24) is 5.16 Å². The van der Waals surface area contributed by atoms with Crippen molar-refractivity contribution in [2.45, 2.75) is 0 Å². The fraction of sp³-hybridized carbons (Fsp3) is 0.154. The summed E-state index contributed by atoms with van der Waals surface area (Å²) in [5, 5.41) is 12.4. The molecule has 1 heterocycles. The molecule has 2 rings (SSSR count). The molecule has 2 aromatic rings. The monoisotopic (exact) mass is 277 g/mol. The largest absolute Gasteiger partial charge is 0.493 e. The zero-order valence-electron chi connectivity index (χ0n) is 10.7. The number of ether oxygens (including phenoxy) is 2. The Labute approximate surface area is 113 Å². The summed E-state index contributed by atoms with van der Waals surface area (Å²) in [4.78, 5) is 21.9. The molecule has 0 spiro atoms. The fourth-order valence-corrected chi connectivity index (χ4v) is 1.72. The van der Waals surface area contributed by atoms with Crippen molar-refractivity contribution >= 4 is 12.3 Å². The second kappa shape index (κ2) is 5.43. The van der Waals surface area contributed by atoms with E-state index in [1.165, 1.54) is 32.4 Å². The summed E-state index contributed by atoms with van der Waals surface area (Å²) in [6.07, 6.45) is 0.617. The first-order chi connectivity index (χ1) is 9.60. The van der Waals surface area contributed by atoms with Gasteiger partial charge in [-0.05, 0) is 12.1 Å². The normalized spacial score (nSPS) is 10.1. The Morgan fingerprint density at radius 3 is 2.40 bits per heavy atom. The van der Waals surface area contributed by atoms with Crippen molar-refractivity contribution in [2.24, 2.45) is 0 Å². The minimum atomic E-state index is -1.24. The predicted octanol–water partition coefficient (Wildman–Crippen LogP) is 1.87. The maximum atomic E-state index is 11.1. The van der Waals surface area contributed by atoms with Crippen LogP contribution in [0.4, 0.5) is 0 Å². The second-order valence-corrected chi connectivity index (χ2v) is 3.79. The fourth-order valence-electron chi connectivity index (χ4n) is 1.72. The Morgan fingerprint density at radius 2 is 1.90 bits per heavy atom. The third-order valence-electron chi connectivity index (χ3n) is 2.68. The topological polar surface area (TPSA) is 98.9 Å². The number of rotatable bonds is 5. The average Bonchev–Trinajstić information content (AvgIpc) is 2.95. The van der Waals surface area contributed by atoms with Gasteiger partial charge in [-0.2, -0.15) is 0 Å². The molecule has 0 aliphatic rings. The molecule has 0 saturated heterocycles. The quantitative estimate of drug-likeness (QED) is 0.833. The van der Waals surface area contributed by atoms with Crippen LogP contribution in [0, 0.1) is 0 Å². The first kappa shape index (κ1) is 13.6. The lowest BCUT2D eigenvalue weighted by atomic mass is 10.0. The molecular weight excluding hydrogens is 266 g/mol. The SMILES string of the molecule is COc1cc(C=O)c(-c2cc(C(=O)O)on2)cc1OC. The van der Waals surface area contributed by atoms with Gasteiger partial charge in [-0.25, -0.2) is 4.79 Å². The van der Waals surface area contributed by atoms with Crippen LogP contribution in [0.1, 0.15) is 20.9 Å². The molecule has 0 aliphatic carbocycles. The van der Waals surface area contributed by atoms with Crippen LogP contribution in [0.15, 0.2) is 22.7 Å². The molecule has 0 atom stereocenters. The van der Waals surface area contributed by atoms with Crippen molar-refractivity contribution in [3.8, 4) is 22.8 Å². The summed E-state index contributed by atoms with van der Waals surface area (Å²) >= 11 is 0. The highest BCUT2D eigenvalue weighted by Gasteiger charge is 2.17. The van der Waals surface area contributed by atoms with E-state index in [1.807, 2.05) is 0 Å². The Bertz CT molecular complexity index is 661. The van der Waals surface area contributed by atoms with E-state index < -0.39 is 5.97 Å². The maximum Gasteiger partial charge on any atom is 0.374 e. The van der Waals surface area contributed by atoms with Crippen LogP contribution in [0.2, 0.25) is 0 Å². The summed E-state index contributed by atoms with van der Waals surface area (Å²) in [5.74, 6) is -0.767. The molecule has 0 saturated carbocycles. The maximum absolute atomic E-state index is 11.1. The number of aldehydes is 1. The number of carbonyl (C=O) groups excluding carboxylic acids is 1. The lowest BCUT2D eigenvalue weighted by Gasteiger charge is -2.10. The van der Waals surface area contributed by atoms with Crippen molar-refractivity contribution < 1.29 is 28.7 Å². The second-order valence-electron chi connectivity index (χ2n) is 3.79. The van der Waals surface area contributed by atoms with Crippen LogP contribution >= 0.6 is 0 Å². The molecule has 0 unspecified atom stereocenters. The van der Waals surface area contributed by atoms with E-state index in [9.17, 15) is 9.59 Å². The van der Waals surface area contributed by atoms with E-state index >= 15 is 0 Å². The van der Waals surface area contributed by atoms with Crippen LogP contribution in [0.5, 0.6) is 11.5 Å². The standard InChI is InChI=1S/C13H11NO6/c1-18-10-3-7(6-15)8(4-11(10)19-2)9-5-12(13(16)17)20-14-9/h3-6H,1-2H3,(H,16,17). The van der Waals surface area contributed by atoms with Crippen LogP contribution < -0.4 is 9.47 Å². The van der Waals surface area contributed by atoms with Gasteiger partial charge in [-0.15, -0.1) is 0 Å². The van der Waals surface area contributed by atoms with E-state index in [-0.39, 0.29) is 17.0 Å². The van der Waals surface area contributed by atoms with Crippen LogP contribution in [-0.4, -0.2) is 36.7 Å². The molecule has 0 amide bonds. The number of aromatic carboxylic acids is 1. The molecule has 7 nitrogen and oxygen atoms in total. The molecule has 20 heavy (non-hydrogen) atoms. The van der Waals surface area contributed by atoms with E-state index in [0.29, 0.717) is 23.3 Å². The van der Waals surface area contributed by atoms with Gasteiger partial charge in [0.2, 0.25) is 5.76 Å². The molecule has 0 bridgehead atoms. The van der Waals surface area contributed by atoms with Gasteiger partial charge in [-0.3, -0.25) is 4.79 Å². The molecule has 1 N–H and O–H groups in total. The molecule has 0 fully saturated rings. The van der Waals surface area contributed by atoms with Gasteiger partial charge in [0.15, 0.2) is 17.8 Å². The number of aromatic nitrogens is 1. The lowest BCUT2D eigenvalue weighted by molar-refractivity contribution is 0.0652. The summed E-state index contributed by atoms with van der Waals surface area (Å²) in [5.41, 5.74) is 0.909. The summed E-state index contributed by atoms with van der Waals surface area (Å²) < 4.78 is 14.9. The number of nitrogens with zero attached hydrogens (tertiary/aromatic N) is 1. The third-order valence-corrected chi connectivity index (χ3v) is 2.68. The molecule has 104 valence electrons. The third kappa shape index (κ3) is 2.33. The average molecular weight is 277 g/mol.